The third kappa shape index (κ3) is 4.20. The Morgan fingerprint density at radius 2 is 1.52 bits per heavy atom. The highest BCUT2D eigenvalue weighted by atomic mass is 35.5. The highest BCUT2D eigenvalue weighted by molar-refractivity contribution is 5.85. The molecule has 0 amide bonds. The van der Waals surface area contributed by atoms with E-state index in [1.54, 1.807) is 0 Å². The number of hydrogen-bond acceptors (Lipinski definition) is 2. The standard InChI is InChI=1S/C17H23F3N2.ClH/c18-14-10-13(11-15(19)16(14)20)17(12-4-2-1-3-5-12)22-8-6-21-7-9-22;/h10-12,17,21H,1-9H2;1H/t17-;/m1./s1. The van der Waals surface area contributed by atoms with Gasteiger partial charge in [0, 0.05) is 32.2 Å². The fourth-order valence-electron chi connectivity index (χ4n) is 3.94. The topological polar surface area (TPSA) is 15.3 Å². The Morgan fingerprint density at radius 1 is 0.957 bits per heavy atom. The van der Waals surface area contributed by atoms with Crippen molar-refractivity contribution in [3.63, 3.8) is 0 Å². The molecule has 0 unspecified atom stereocenters. The fourth-order valence-corrected chi connectivity index (χ4v) is 3.94. The Balaban J connectivity index is 0.00000192. The minimum absolute atomic E-state index is 0. The van der Waals surface area contributed by atoms with Gasteiger partial charge in [0.15, 0.2) is 17.5 Å². The summed E-state index contributed by atoms with van der Waals surface area (Å²) >= 11 is 0. The molecular formula is C17H24ClF3N2. The van der Waals surface area contributed by atoms with Crippen molar-refractivity contribution in [3.05, 3.63) is 35.1 Å². The minimum atomic E-state index is -1.37. The number of hydrogen-bond donors (Lipinski definition) is 1. The van der Waals surface area contributed by atoms with Gasteiger partial charge >= 0.3 is 0 Å². The number of nitrogens with zero attached hydrogens (tertiary/aromatic N) is 1. The molecule has 2 fully saturated rings. The second-order valence-electron chi connectivity index (χ2n) is 6.43. The molecule has 1 atom stereocenters. The van der Waals surface area contributed by atoms with Crippen molar-refractivity contribution in [2.45, 2.75) is 38.1 Å². The molecule has 1 N–H and O–H groups in total. The van der Waals surface area contributed by atoms with Crippen LogP contribution in [0.15, 0.2) is 12.1 Å². The number of halogens is 4. The van der Waals surface area contributed by atoms with E-state index in [2.05, 4.69) is 10.2 Å². The van der Waals surface area contributed by atoms with Crippen LogP contribution in [0.5, 0.6) is 0 Å². The molecule has 3 rings (SSSR count). The monoisotopic (exact) mass is 348 g/mol. The van der Waals surface area contributed by atoms with E-state index in [1.165, 1.54) is 31.4 Å². The van der Waals surface area contributed by atoms with Gasteiger partial charge in [0.05, 0.1) is 0 Å². The first-order valence-corrected chi connectivity index (χ1v) is 8.26. The average Bonchev–Trinajstić information content (AvgIpc) is 2.55. The molecule has 0 bridgehead atoms. The van der Waals surface area contributed by atoms with Crippen molar-refractivity contribution in [1.82, 2.24) is 10.2 Å². The second-order valence-corrected chi connectivity index (χ2v) is 6.43. The molecule has 1 saturated heterocycles. The van der Waals surface area contributed by atoms with Crippen LogP contribution in [0.2, 0.25) is 0 Å². The van der Waals surface area contributed by atoms with Crippen molar-refractivity contribution >= 4 is 12.4 Å². The number of rotatable bonds is 3. The molecule has 1 aromatic rings. The Kier molecular flexibility index (Phi) is 6.74. The van der Waals surface area contributed by atoms with Crippen LogP contribution >= 0.6 is 12.4 Å². The van der Waals surface area contributed by atoms with E-state index in [-0.39, 0.29) is 18.4 Å². The maximum atomic E-state index is 13.7. The first-order chi connectivity index (χ1) is 10.7. The van der Waals surface area contributed by atoms with Gasteiger partial charge in [-0.1, -0.05) is 19.3 Å². The summed E-state index contributed by atoms with van der Waals surface area (Å²) in [4.78, 5) is 2.30. The molecule has 1 aromatic carbocycles. The summed E-state index contributed by atoms with van der Waals surface area (Å²) in [6, 6.07) is 2.38. The Hall–Kier alpha value is -0.780. The van der Waals surface area contributed by atoms with Crippen molar-refractivity contribution in [2.24, 2.45) is 5.92 Å². The zero-order valence-electron chi connectivity index (χ0n) is 13.2. The van der Waals surface area contributed by atoms with Crippen LogP contribution in [0.4, 0.5) is 13.2 Å². The van der Waals surface area contributed by atoms with E-state index in [4.69, 9.17) is 0 Å². The molecule has 2 nitrogen and oxygen atoms in total. The lowest BCUT2D eigenvalue weighted by Gasteiger charge is -2.41. The third-order valence-corrected chi connectivity index (χ3v) is 4.99. The predicted molar refractivity (Wildman–Crippen MR) is 87.3 cm³/mol. The van der Waals surface area contributed by atoms with E-state index in [0.717, 1.165) is 39.0 Å². The predicted octanol–water partition coefficient (Wildman–Crippen LogP) is 4.05. The molecule has 1 aliphatic heterocycles. The van der Waals surface area contributed by atoms with Crippen molar-refractivity contribution in [1.29, 1.82) is 0 Å². The van der Waals surface area contributed by atoms with Crippen molar-refractivity contribution in [2.75, 3.05) is 26.2 Å². The summed E-state index contributed by atoms with van der Waals surface area (Å²) in [6.45, 7) is 3.49. The summed E-state index contributed by atoms with van der Waals surface area (Å²) in [7, 11) is 0. The van der Waals surface area contributed by atoms with E-state index in [9.17, 15) is 13.2 Å². The van der Waals surface area contributed by atoms with Gasteiger partial charge in [-0.15, -0.1) is 12.4 Å². The van der Waals surface area contributed by atoms with Crippen LogP contribution in [0, 0.1) is 23.4 Å². The Bertz CT molecular complexity index is 474. The maximum absolute atomic E-state index is 13.7. The zero-order valence-corrected chi connectivity index (χ0v) is 14.0. The van der Waals surface area contributed by atoms with Gasteiger partial charge in [0.2, 0.25) is 0 Å². The van der Waals surface area contributed by atoms with Gasteiger partial charge in [-0.05, 0) is 36.5 Å². The van der Waals surface area contributed by atoms with Crippen molar-refractivity contribution in [3.8, 4) is 0 Å². The second kappa shape index (κ2) is 8.36. The van der Waals surface area contributed by atoms with E-state index in [0.29, 0.717) is 11.5 Å². The van der Waals surface area contributed by atoms with Crippen LogP contribution < -0.4 is 5.32 Å². The van der Waals surface area contributed by atoms with Crippen LogP contribution in [-0.4, -0.2) is 31.1 Å². The van der Waals surface area contributed by atoms with Gasteiger partial charge in [-0.25, -0.2) is 13.2 Å². The lowest BCUT2D eigenvalue weighted by molar-refractivity contribution is 0.103. The summed E-state index contributed by atoms with van der Waals surface area (Å²) in [6.07, 6.45) is 5.72. The summed E-state index contributed by atoms with van der Waals surface area (Å²) in [5.74, 6) is -3.13. The van der Waals surface area contributed by atoms with Crippen molar-refractivity contribution < 1.29 is 13.2 Å². The number of nitrogens with one attached hydrogen (secondary N) is 1. The van der Waals surface area contributed by atoms with Crippen LogP contribution in [0.25, 0.3) is 0 Å². The van der Waals surface area contributed by atoms with Gasteiger partial charge in [0.25, 0.3) is 0 Å². The molecule has 0 aromatic heterocycles. The normalized spacial score (nSPS) is 21.7. The number of piperazine rings is 1. The average molecular weight is 349 g/mol. The van der Waals surface area contributed by atoms with E-state index >= 15 is 0 Å². The Labute approximate surface area is 141 Å². The summed E-state index contributed by atoms with van der Waals surface area (Å²) in [5, 5.41) is 3.31. The highest BCUT2D eigenvalue weighted by Gasteiger charge is 2.32. The molecule has 0 radical (unpaired) electrons. The largest absolute Gasteiger partial charge is 0.314 e. The first kappa shape index (κ1) is 18.6. The molecular weight excluding hydrogens is 325 g/mol. The molecule has 2 aliphatic rings. The molecule has 0 spiro atoms. The lowest BCUT2D eigenvalue weighted by atomic mass is 9.80. The van der Waals surface area contributed by atoms with Crippen LogP contribution in [0.1, 0.15) is 43.7 Å². The van der Waals surface area contributed by atoms with Crippen LogP contribution in [-0.2, 0) is 0 Å². The minimum Gasteiger partial charge on any atom is -0.314 e. The molecule has 1 saturated carbocycles. The summed E-state index contributed by atoms with van der Waals surface area (Å²) < 4.78 is 40.7. The lowest BCUT2D eigenvalue weighted by Crippen LogP contribution is -2.47. The first-order valence-electron chi connectivity index (χ1n) is 8.26. The highest BCUT2D eigenvalue weighted by Crippen LogP contribution is 2.39. The SMILES string of the molecule is Cl.Fc1cc([C@@H](C2CCCCC2)N2CCNCC2)cc(F)c1F. The van der Waals surface area contributed by atoms with Gasteiger partial charge in [0.1, 0.15) is 0 Å². The molecule has 130 valence electrons. The van der Waals surface area contributed by atoms with E-state index < -0.39 is 17.5 Å². The molecule has 23 heavy (non-hydrogen) atoms. The summed E-state index contributed by atoms with van der Waals surface area (Å²) in [5.41, 5.74) is 0.588. The smallest absolute Gasteiger partial charge is 0.194 e. The molecule has 1 aliphatic carbocycles. The molecule has 1 heterocycles. The van der Waals surface area contributed by atoms with Gasteiger partial charge < -0.3 is 5.32 Å². The van der Waals surface area contributed by atoms with Gasteiger partial charge in [-0.3, -0.25) is 4.90 Å². The third-order valence-electron chi connectivity index (χ3n) is 4.99. The fraction of sp³-hybridized carbons (Fsp3) is 0.647. The molecule has 6 heteroatoms. The van der Waals surface area contributed by atoms with E-state index in [1.807, 2.05) is 0 Å². The quantitative estimate of drug-likeness (QED) is 0.829. The van der Waals surface area contributed by atoms with Crippen LogP contribution in [0.3, 0.4) is 0 Å². The maximum Gasteiger partial charge on any atom is 0.194 e. The van der Waals surface area contributed by atoms with Gasteiger partial charge in [-0.2, -0.15) is 0 Å². The Morgan fingerprint density at radius 3 is 2.09 bits per heavy atom. The number of benzene rings is 1. The zero-order chi connectivity index (χ0) is 15.5.